The Morgan fingerprint density at radius 3 is 2.62 bits per heavy atom. The van der Waals surface area contributed by atoms with E-state index in [1.165, 1.54) is 41.5 Å². The number of nitrogens with two attached hydrogens (primary N) is 1. The largest absolute Gasteiger partial charge is 0.495 e. The van der Waals surface area contributed by atoms with Crippen LogP contribution in [0, 0.1) is 0 Å². The Balaban J connectivity index is 2.34. The van der Waals surface area contributed by atoms with Crippen molar-refractivity contribution < 1.29 is 19.4 Å². The Bertz CT molecular complexity index is 696. The number of hydrogen-bond acceptors (Lipinski definition) is 5. The second-order valence-corrected chi connectivity index (χ2v) is 5.18. The summed E-state index contributed by atoms with van der Waals surface area (Å²) in [6.07, 6.45) is 0. The lowest BCUT2D eigenvalue weighted by atomic mass is 10.1. The van der Waals surface area contributed by atoms with Crippen molar-refractivity contribution in [2.24, 2.45) is 0 Å². The third kappa shape index (κ3) is 2.82. The number of carboxylic acid groups (broad SMARTS) is 1. The predicted molar refractivity (Wildman–Crippen MR) is 81.4 cm³/mol. The first-order valence-corrected chi connectivity index (χ1v) is 6.86. The van der Waals surface area contributed by atoms with Crippen LogP contribution in [0.15, 0.2) is 29.6 Å². The van der Waals surface area contributed by atoms with Crippen molar-refractivity contribution in [2.75, 3.05) is 24.8 Å². The van der Waals surface area contributed by atoms with Crippen LogP contribution in [0.25, 0.3) is 0 Å². The molecule has 3 N–H and O–H groups in total. The monoisotopic (exact) mass is 306 g/mol. The standard InChI is InChI=1S/C14H14N2O4S/c1-16(13(17)12-11(20-2)5-6-21-12)10-4-3-8(14(18)19)7-9(10)15/h3-7H,15H2,1-2H3,(H,18,19). The lowest BCUT2D eigenvalue weighted by Gasteiger charge is -2.19. The average molecular weight is 306 g/mol. The quantitative estimate of drug-likeness (QED) is 0.846. The molecule has 0 unspecified atom stereocenters. The molecule has 1 amide bonds. The minimum atomic E-state index is -1.07. The summed E-state index contributed by atoms with van der Waals surface area (Å²) in [6, 6.07) is 5.95. The Morgan fingerprint density at radius 1 is 1.33 bits per heavy atom. The molecule has 0 bridgehead atoms. The fourth-order valence-corrected chi connectivity index (χ4v) is 2.70. The Morgan fingerprint density at radius 2 is 2.05 bits per heavy atom. The molecule has 0 atom stereocenters. The summed E-state index contributed by atoms with van der Waals surface area (Å²) < 4.78 is 5.13. The lowest BCUT2D eigenvalue weighted by Crippen LogP contribution is -2.26. The normalized spacial score (nSPS) is 10.2. The number of benzene rings is 1. The van der Waals surface area contributed by atoms with Gasteiger partial charge in [-0.25, -0.2) is 4.79 Å². The van der Waals surface area contributed by atoms with E-state index in [0.29, 0.717) is 16.3 Å². The third-order valence-electron chi connectivity index (χ3n) is 2.98. The first-order valence-electron chi connectivity index (χ1n) is 5.98. The molecule has 1 aromatic heterocycles. The molecule has 0 spiro atoms. The van der Waals surface area contributed by atoms with Gasteiger partial charge >= 0.3 is 5.97 Å². The van der Waals surface area contributed by atoms with Gasteiger partial charge < -0.3 is 20.5 Å². The summed E-state index contributed by atoms with van der Waals surface area (Å²) in [5, 5.41) is 10.7. The van der Waals surface area contributed by atoms with Crippen LogP contribution in [0.4, 0.5) is 11.4 Å². The number of thiophene rings is 1. The van der Waals surface area contributed by atoms with Crippen molar-refractivity contribution in [2.45, 2.75) is 0 Å². The van der Waals surface area contributed by atoms with Gasteiger partial charge in [0.05, 0.1) is 24.0 Å². The van der Waals surface area contributed by atoms with E-state index in [0.717, 1.165) is 0 Å². The fourth-order valence-electron chi connectivity index (χ4n) is 1.87. The summed E-state index contributed by atoms with van der Waals surface area (Å²) in [5.74, 6) is -0.837. The lowest BCUT2D eigenvalue weighted by molar-refractivity contribution is 0.0697. The number of nitrogen functional groups attached to an aromatic ring is 1. The van der Waals surface area contributed by atoms with E-state index in [4.69, 9.17) is 15.6 Å². The number of rotatable bonds is 4. The second kappa shape index (κ2) is 5.84. The van der Waals surface area contributed by atoms with Gasteiger partial charge in [-0.3, -0.25) is 4.79 Å². The SMILES string of the molecule is COc1ccsc1C(=O)N(C)c1ccc(C(=O)O)cc1N. The first-order chi connectivity index (χ1) is 9.95. The van der Waals surface area contributed by atoms with Crippen molar-refractivity contribution >= 4 is 34.6 Å². The molecular formula is C14H14N2O4S. The number of carboxylic acids is 1. The number of nitrogens with zero attached hydrogens (tertiary/aromatic N) is 1. The van der Waals surface area contributed by atoms with E-state index < -0.39 is 5.97 Å². The van der Waals surface area contributed by atoms with Crippen molar-refractivity contribution in [3.8, 4) is 5.75 Å². The van der Waals surface area contributed by atoms with Crippen LogP contribution in [0.3, 0.4) is 0 Å². The highest BCUT2D eigenvalue weighted by Crippen LogP contribution is 2.30. The summed E-state index contributed by atoms with van der Waals surface area (Å²) in [7, 11) is 3.07. The summed E-state index contributed by atoms with van der Waals surface area (Å²) in [6.45, 7) is 0. The van der Waals surface area contributed by atoms with Crippen molar-refractivity contribution in [1.82, 2.24) is 0 Å². The van der Waals surface area contributed by atoms with Crippen LogP contribution in [0.5, 0.6) is 5.75 Å². The van der Waals surface area contributed by atoms with Gasteiger partial charge in [-0.1, -0.05) is 0 Å². The zero-order chi connectivity index (χ0) is 15.6. The number of ether oxygens (including phenoxy) is 1. The Kier molecular flexibility index (Phi) is 4.13. The molecule has 2 aromatic rings. The number of anilines is 2. The highest BCUT2D eigenvalue weighted by atomic mass is 32.1. The van der Waals surface area contributed by atoms with Gasteiger partial charge in [0.1, 0.15) is 10.6 Å². The van der Waals surface area contributed by atoms with E-state index in [2.05, 4.69) is 0 Å². The molecule has 7 heteroatoms. The Hall–Kier alpha value is -2.54. The molecular weight excluding hydrogens is 292 g/mol. The van der Waals surface area contributed by atoms with E-state index in [1.807, 2.05) is 0 Å². The molecule has 1 heterocycles. The number of amides is 1. The van der Waals surface area contributed by atoms with E-state index in [-0.39, 0.29) is 17.2 Å². The molecule has 0 saturated carbocycles. The number of methoxy groups -OCH3 is 1. The summed E-state index contributed by atoms with van der Waals surface area (Å²) in [5.41, 5.74) is 6.58. The molecule has 110 valence electrons. The van der Waals surface area contributed by atoms with Crippen LogP contribution in [0.1, 0.15) is 20.0 Å². The van der Waals surface area contributed by atoms with E-state index in [1.54, 1.807) is 18.5 Å². The van der Waals surface area contributed by atoms with Crippen molar-refractivity contribution in [3.05, 3.63) is 40.1 Å². The van der Waals surface area contributed by atoms with Crippen LogP contribution in [-0.4, -0.2) is 31.1 Å². The van der Waals surface area contributed by atoms with Gasteiger partial charge in [-0.05, 0) is 29.6 Å². The van der Waals surface area contributed by atoms with Gasteiger partial charge in [0, 0.05) is 7.05 Å². The molecule has 0 saturated heterocycles. The van der Waals surface area contributed by atoms with Crippen LogP contribution < -0.4 is 15.4 Å². The van der Waals surface area contributed by atoms with Gasteiger partial charge in [0.25, 0.3) is 5.91 Å². The first kappa shape index (κ1) is 14.9. The third-order valence-corrected chi connectivity index (χ3v) is 3.87. The number of hydrogen-bond donors (Lipinski definition) is 2. The van der Waals surface area contributed by atoms with Crippen LogP contribution in [-0.2, 0) is 0 Å². The van der Waals surface area contributed by atoms with Gasteiger partial charge in [0.2, 0.25) is 0 Å². The fraction of sp³-hybridized carbons (Fsp3) is 0.143. The predicted octanol–water partition coefficient (Wildman–Crippen LogP) is 2.31. The molecule has 0 radical (unpaired) electrons. The zero-order valence-electron chi connectivity index (χ0n) is 11.5. The van der Waals surface area contributed by atoms with E-state index >= 15 is 0 Å². The number of carbonyl (C=O) groups excluding carboxylic acids is 1. The van der Waals surface area contributed by atoms with Crippen LogP contribution in [0.2, 0.25) is 0 Å². The number of carbonyl (C=O) groups is 2. The van der Waals surface area contributed by atoms with Crippen LogP contribution >= 0.6 is 11.3 Å². The van der Waals surface area contributed by atoms with Crippen molar-refractivity contribution in [1.29, 1.82) is 0 Å². The molecule has 0 aliphatic heterocycles. The summed E-state index contributed by atoms with van der Waals surface area (Å²) >= 11 is 1.27. The second-order valence-electron chi connectivity index (χ2n) is 4.26. The van der Waals surface area contributed by atoms with Crippen molar-refractivity contribution in [3.63, 3.8) is 0 Å². The topological polar surface area (TPSA) is 92.9 Å². The molecule has 0 aliphatic carbocycles. The van der Waals surface area contributed by atoms with E-state index in [9.17, 15) is 9.59 Å². The maximum Gasteiger partial charge on any atom is 0.335 e. The zero-order valence-corrected chi connectivity index (χ0v) is 12.3. The Labute approximate surface area is 125 Å². The molecule has 21 heavy (non-hydrogen) atoms. The maximum atomic E-state index is 12.4. The van der Waals surface area contributed by atoms with Gasteiger partial charge in [0.15, 0.2) is 0 Å². The summed E-state index contributed by atoms with van der Waals surface area (Å²) in [4.78, 5) is 25.2. The minimum Gasteiger partial charge on any atom is -0.495 e. The average Bonchev–Trinajstić information content (AvgIpc) is 2.93. The van der Waals surface area contributed by atoms with Gasteiger partial charge in [-0.2, -0.15) is 0 Å². The highest BCUT2D eigenvalue weighted by Gasteiger charge is 2.21. The maximum absolute atomic E-state index is 12.4. The molecule has 6 nitrogen and oxygen atoms in total. The molecule has 1 aromatic carbocycles. The molecule has 0 fully saturated rings. The molecule has 2 rings (SSSR count). The highest BCUT2D eigenvalue weighted by molar-refractivity contribution is 7.12. The molecule has 0 aliphatic rings. The number of aromatic carboxylic acids is 1. The smallest absolute Gasteiger partial charge is 0.335 e. The van der Waals surface area contributed by atoms with Gasteiger partial charge in [-0.15, -0.1) is 11.3 Å². The minimum absolute atomic E-state index is 0.0748.